The number of carbonyl (C=O) groups excluding carboxylic acids is 1. The molecule has 3 aliphatic rings. The van der Waals surface area contributed by atoms with Gasteiger partial charge in [-0.2, -0.15) is 0 Å². The molecule has 0 bridgehead atoms. The molecule has 31 heavy (non-hydrogen) atoms. The highest BCUT2D eigenvalue weighted by molar-refractivity contribution is 5.76. The SMILES string of the molecule is C=C1C(=CC=C2CCC[C@]3(C)C(CC)=CC[C@@H]23)C[C@](O)(OCC(=O)N(C)OC)C[C@@H]1O. The molecule has 0 saturated heterocycles. The van der Waals surface area contributed by atoms with E-state index >= 15 is 0 Å². The van der Waals surface area contributed by atoms with Crippen LogP contribution in [-0.2, 0) is 14.4 Å². The lowest BCUT2D eigenvalue weighted by molar-refractivity contribution is -0.229. The highest BCUT2D eigenvalue weighted by Crippen LogP contribution is 2.55. The molecular formula is C25H37NO5. The smallest absolute Gasteiger partial charge is 0.271 e. The highest BCUT2D eigenvalue weighted by atomic mass is 16.7. The first kappa shape index (κ1) is 23.9. The van der Waals surface area contributed by atoms with Crippen molar-refractivity contribution in [2.45, 2.75) is 70.7 Å². The van der Waals surface area contributed by atoms with Crippen LogP contribution in [0.25, 0.3) is 0 Å². The minimum absolute atomic E-state index is 0.0196. The quantitative estimate of drug-likeness (QED) is 0.380. The summed E-state index contributed by atoms with van der Waals surface area (Å²) < 4.78 is 5.52. The molecule has 0 aromatic rings. The van der Waals surface area contributed by atoms with E-state index in [2.05, 4.69) is 32.6 Å². The summed E-state index contributed by atoms with van der Waals surface area (Å²) in [6.45, 7) is 8.33. The number of hydrogen-bond acceptors (Lipinski definition) is 5. The van der Waals surface area contributed by atoms with E-state index < -0.39 is 17.8 Å². The lowest BCUT2D eigenvalue weighted by atomic mass is 9.64. The Hall–Kier alpha value is -1.73. The third kappa shape index (κ3) is 4.87. The second-order valence-corrected chi connectivity index (χ2v) is 9.31. The van der Waals surface area contributed by atoms with Gasteiger partial charge in [0.05, 0.1) is 13.2 Å². The lowest BCUT2D eigenvalue weighted by Crippen LogP contribution is -2.44. The van der Waals surface area contributed by atoms with E-state index in [1.54, 1.807) is 5.57 Å². The number of carbonyl (C=O) groups is 1. The number of aliphatic hydroxyl groups excluding tert-OH is 1. The van der Waals surface area contributed by atoms with Crippen molar-refractivity contribution in [1.82, 2.24) is 5.06 Å². The third-order valence-electron chi connectivity index (χ3n) is 7.47. The molecule has 0 spiro atoms. The predicted molar refractivity (Wildman–Crippen MR) is 120 cm³/mol. The number of aliphatic hydroxyl groups is 2. The van der Waals surface area contributed by atoms with E-state index in [0.717, 1.165) is 29.9 Å². The Morgan fingerprint density at radius 1 is 1.42 bits per heavy atom. The topological polar surface area (TPSA) is 79.2 Å². The number of hydrogen-bond donors (Lipinski definition) is 2. The maximum Gasteiger partial charge on any atom is 0.271 e. The first-order valence-corrected chi connectivity index (χ1v) is 11.3. The molecule has 3 rings (SSSR count). The summed E-state index contributed by atoms with van der Waals surface area (Å²) in [6, 6.07) is 0. The normalized spacial score (nSPS) is 35.9. The fraction of sp³-hybridized carbons (Fsp3) is 0.640. The summed E-state index contributed by atoms with van der Waals surface area (Å²) in [6.07, 6.45) is 11.5. The maximum absolute atomic E-state index is 12.0. The Balaban J connectivity index is 1.76. The Morgan fingerprint density at radius 3 is 2.84 bits per heavy atom. The van der Waals surface area contributed by atoms with Crippen molar-refractivity contribution < 1.29 is 24.6 Å². The lowest BCUT2D eigenvalue weighted by Gasteiger charge is -2.41. The standard InChI is InChI=1S/C25H37NO5/c1-6-20-11-12-21-18(8-7-13-24(20,21)3)9-10-19-14-25(29,15-22(27)17(19)2)31-16-23(28)26(4)30-5/h9-11,21-22,27,29H,2,6-8,12-16H2,1,3-5H3/t21-,22-,24+,25-/m0/s1. The Morgan fingerprint density at radius 2 is 2.16 bits per heavy atom. The van der Waals surface area contributed by atoms with Gasteiger partial charge in [0.15, 0.2) is 5.79 Å². The van der Waals surface area contributed by atoms with E-state index in [1.165, 1.54) is 32.6 Å². The fourth-order valence-electron chi connectivity index (χ4n) is 5.45. The fourth-order valence-corrected chi connectivity index (χ4v) is 5.45. The molecule has 2 N–H and O–H groups in total. The monoisotopic (exact) mass is 431 g/mol. The number of hydroxylamine groups is 2. The molecule has 6 nitrogen and oxygen atoms in total. The van der Waals surface area contributed by atoms with Gasteiger partial charge in [-0.1, -0.05) is 49.8 Å². The molecule has 172 valence electrons. The average Bonchev–Trinajstić information content (AvgIpc) is 3.09. The second-order valence-electron chi connectivity index (χ2n) is 9.31. The van der Waals surface area contributed by atoms with Crippen molar-refractivity contribution in [1.29, 1.82) is 0 Å². The van der Waals surface area contributed by atoms with E-state index in [-0.39, 0.29) is 24.9 Å². The van der Waals surface area contributed by atoms with Gasteiger partial charge in [-0.3, -0.25) is 9.63 Å². The van der Waals surface area contributed by atoms with E-state index in [1.807, 2.05) is 6.08 Å². The van der Waals surface area contributed by atoms with Crippen LogP contribution in [0.1, 0.15) is 58.8 Å². The van der Waals surface area contributed by atoms with E-state index in [4.69, 9.17) is 9.57 Å². The zero-order valence-electron chi connectivity index (χ0n) is 19.3. The van der Waals surface area contributed by atoms with Crippen molar-refractivity contribution in [2.75, 3.05) is 20.8 Å². The molecule has 1 amide bonds. The first-order chi connectivity index (χ1) is 14.6. The van der Waals surface area contributed by atoms with Gasteiger partial charge in [0.25, 0.3) is 5.91 Å². The van der Waals surface area contributed by atoms with Crippen LogP contribution in [0.5, 0.6) is 0 Å². The number of ether oxygens (including phenoxy) is 1. The van der Waals surface area contributed by atoms with Gasteiger partial charge < -0.3 is 14.9 Å². The van der Waals surface area contributed by atoms with Crippen LogP contribution < -0.4 is 0 Å². The summed E-state index contributed by atoms with van der Waals surface area (Å²) in [5.41, 5.74) is 4.60. The van der Waals surface area contributed by atoms with Crippen molar-refractivity contribution in [3.63, 3.8) is 0 Å². The van der Waals surface area contributed by atoms with Gasteiger partial charge >= 0.3 is 0 Å². The van der Waals surface area contributed by atoms with Crippen LogP contribution >= 0.6 is 0 Å². The Bertz CT molecular complexity index is 813. The van der Waals surface area contributed by atoms with E-state index in [9.17, 15) is 15.0 Å². The molecule has 0 radical (unpaired) electrons. The highest BCUT2D eigenvalue weighted by Gasteiger charge is 2.44. The molecule has 3 aliphatic carbocycles. The zero-order chi connectivity index (χ0) is 22.8. The summed E-state index contributed by atoms with van der Waals surface area (Å²) in [5.74, 6) is -1.52. The van der Waals surface area contributed by atoms with Gasteiger partial charge in [0, 0.05) is 19.9 Å². The molecule has 0 unspecified atom stereocenters. The van der Waals surface area contributed by atoms with Crippen LogP contribution in [0.3, 0.4) is 0 Å². The summed E-state index contributed by atoms with van der Waals surface area (Å²) >= 11 is 0. The average molecular weight is 432 g/mol. The number of likely N-dealkylation sites (N-methyl/N-ethyl adjacent to an activating group) is 1. The van der Waals surface area contributed by atoms with Gasteiger partial charge in [-0.15, -0.1) is 0 Å². The number of allylic oxidation sites excluding steroid dienone is 5. The van der Waals surface area contributed by atoms with Crippen LogP contribution in [0.2, 0.25) is 0 Å². The molecule has 4 atom stereocenters. The molecular weight excluding hydrogens is 394 g/mol. The molecule has 0 heterocycles. The minimum Gasteiger partial charge on any atom is -0.388 e. The number of nitrogens with zero attached hydrogens (tertiary/aromatic N) is 1. The summed E-state index contributed by atoms with van der Waals surface area (Å²) in [5, 5.41) is 22.4. The minimum atomic E-state index is -1.62. The Kier molecular flexibility index (Phi) is 7.26. The molecule has 0 aromatic carbocycles. The van der Waals surface area contributed by atoms with Crippen LogP contribution in [-0.4, -0.2) is 53.8 Å². The van der Waals surface area contributed by atoms with Crippen LogP contribution in [0.15, 0.2) is 47.1 Å². The Labute approximate surface area is 185 Å². The molecule has 0 aliphatic heterocycles. The number of fused-ring (bicyclic) bond motifs is 1. The maximum atomic E-state index is 12.0. The predicted octanol–water partition coefficient (Wildman–Crippen LogP) is 3.82. The van der Waals surface area contributed by atoms with Crippen LogP contribution in [0.4, 0.5) is 0 Å². The van der Waals surface area contributed by atoms with Gasteiger partial charge in [0.2, 0.25) is 0 Å². The van der Waals surface area contributed by atoms with Gasteiger partial charge in [0.1, 0.15) is 6.61 Å². The summed E-state index contributed by atoms with van der Waals surface area (Å²) in [7, 11) is 2.86. The van der Waals surface area contributed by atoms with Gasteiger partial charge in [-0.05, 0) is 54.6 Å². The molecule has 2 saturated carbocycles. The van der Waals surface area contributed by atoms with Crippen molar-refractivity contribution in [3.05, 3.63) is 47.1 Å². The van der Waals surface area contributed by atoms with Crippen molar-refractivity contribution in [3.8, 4) is 0 Å². The van der Waals surface area contributed by atoms with E-state index in [0.29, 0.717) is 11.5 Å². The molecule has 2 fully saturated rings. The van der Waals surface area contributed by atoms with Crippen molar-refractivity contribution >= 4 is 5.91 Å². The molecule has 6 heteroatoms. The largest absolute Gasteiger partial charge is 0.388 e. The summed E-state index contributed by atoms with van der Waals surface area (Å²) in [4.78, 5) is 16.8. The number of rotatable bonds is 6. The number of amides is 1. The third-order valence-corrected chi connectivity index (χ3v) is 7.47. The second kappa shape index (κ2) is 9.41. The van der Waals surface area contributed by atoms with Crippen molar-refractivity contribution in [2.24, 2.45) is 11.3 Å². The van der Waals surface area contributed by atoms with Crippen LogP contribution in [0, 0.1) is 11.3 Å². The zero-order valence-corrected chi connectivity index (χ0v) is 19.3. The molecule has 0 aromatic heterocycles. The first-order valence-electron chi connectivity index (χ1n) is 11.3. The van der Waals surface area contributed by atoms with Gasteiger partial charge in [-0.25, -0.2) is 5.06 Å².